The number of carboxylic acids is 1. The molecule has 2 heterocycles. The predicted molar refractivity (Wildman–Crippen MR) is 83.1 cm³/mol. The molecule has 0 fully saturated rings. The number of aryl methyl sites for hydroxylation is 2. The number of carbonyl (C=O) groups excluding carboxylic acids is 1. The van der Waals surface area contributed by atoms with Gasteiger partial charge in [0.05, 0.1) is 6.42 Å². The number of hydrogen-bond acceptors (Lipinski definition) is 5. The van der Waals surface area contributed by atoms with E-state index in [9.17, 15) is 9.59 Å². The van der Waals surface area contributed by atoms with Crippen LogP contribution in [0.4, 0.5) is 0 Å². The van der Waals surface area contributed by atoms with Gasteiger partial charge in [-0.1, -0.05) is 0 Å². The Morgan fingerprint density at radius 3 is 2.70 bits per heavy atom. The molecular formula is C15H21N5O3. The van der Waals surface area contributed by atoms with Gasteiger partial charge >= 0.3 is 5.97 Å². The van der Waals surface area contributed by atoms with Gasteiger partial charge in [-0.3, -0.25) is 9.59 Å². The number of carboxylic acid groups (broad SMARTS) is 1. The molecule has 0 saturated heterocycles. The van der Waals surface area contributed by atoms with E-state index in [2.05, 4.69) is 15.1 Å². The van der Waals surface area contributed by atoms with E-state index in [1.807, 2.05) is 20.8 Å². The summed E-state index contributed by atoms with van der Waals surface area (Å²) in [5.41, 5.74) is 2.74. The van der Waals surface area contributed by atoms with E-state index in [0.717, 1.165) is 17.0 Å². The molecule has 0 bridgehead atoms. The maximum absolute atomic E-state index is 12.3. The molecule has 0 aromatic carbocycles. The Morgan fingerprint density at radius 2 is 2.04 bits per heavy atom. The minimum absolute atomic E-state index is 0.0376. The molecule has 0 atom stereocenters. The van der Waals surface area contributed by atoms with Gasteiger partial charge in [-0.2, -0.15) is 10.1 Å². The van der Waals surface area contributed by atoms with Crippen molar-refractivity contribution < 1.29 is 14.7 Å². The molecule has 124 valence electrons. The van der Waals surface area contributed by atoms with Gasteiger partial charge in [0.2, 0.25) is 5.91 Å². The molecule has 2 rings (SSSR count). The molecule has 23 heavy (non-hydrogen) atoms. The molecule has 0 aliphatic carbocycles. The highest BCUT2D eigenvalue weighted by molar-refractivity contribution is 5.77. The van der Waals surface area contributed by atoms with Crippen molar-refractivity contribution in [2.24, 2.45) is 0 Å². The second-order valence-electron chi connectivity index (χ2n) is 5.35. The maximum Gasteiger partial charge on any atom is 0.305 e. The molecule has 0 radical (unpaired) electrons. The van der Waals surface area contributed by atoms with Crippen LogP contribution in [-0.4, -0.2) is 54.6 Å². The number of carbonyl (C=O) groups is 2. The summed E-state index contributed by atoms with van der Waals surface area (Å²) >= 11 is 0. The van der Waals surface area contributed by atoms with Crippen LogP contribution in [0.25, 0.3) is 5.78 Å². The molecule has 1 amide bonds. The van der Waals surface area contributed by atoms with Crippen molar-refractivity contribution in [1.82, 2.24) is 24.5 Å². The largest absolute Gasteiger partial charge is 0.481 e. The van der Waals surface area contributed by atoms with Crippen LogP contribution < -0.4 is 0 Å². The van der Waals surface area contributed by atoms with E-state index in [-0.39, 0.29) is 18.9 Å². The quantitative estimate of drug-likeness (QED) is 0.817. The van der Waals surface area contributed by atoms with Gasteiger partial charge in [0.15, 0.2) is 0 Å². The average Bonchev–Trinajstić information content (AvgIpc) is 2.95. The second kappa shape index (κ2) is 7.17. The zero-order chi connectivity index (χ0) is 17.0. The Bertz CT molecular complexity index is 725. The number of hydrogen-bond donors (Lipinski definition) is 1. The van der Waals surface area contributed by atoms with Gasteiger partial charge in [-0.15, -0.1) is 0 Å². The Balaban J connectivity index is 2.07. The summed E-state index contributed by atoms with van der Waals surface area (Å²) in [5, 5.41) is 12.9. The molecule has 0 aliphatic heterocycles. The molecule has 8 heteroatoms. The monoisotopic (exact) mass is 319 g/mol. The Hall–Kier alpha value is -2.51. The fraction of sp³-hybridized carbons (Fsp3) is 0.533. The fourth-order valence-corrected chi connectivity index (χ4v) is 2.60. The van der Waals surface area contributed by atoms with Gasteiger partial charge in [-0.05, 0) is 32.8 Å². The van der Waals surface area contributed by atoms with Crippen molar-refractivity contribution in [3.05, 3.63) is 23.3 Å². The van der Waals surface area contributed by atoms with Gasteiger partial charge in [0.1, 0.15) is 6.33 Å². The van der Waals surface area contributed by atoms with E-state index in [1.54, 1.807) is 9.42 Å². The maximum atomic E-state index is 12.3. The highest BCUT2D eigenvalue weighted by atomic mass is 16.4. The lowest BCUT2D eigenvalue weighted by Gasteiger charge is -2.20. The van der Waals surface area contributed by atoms with Crippen LogP contribution in [0.1, 0.15) is 36.7 Å². The second-order valence-corrected chi connectivity index (χ2v) is 5.35. The number of amides is 1. The van der Waals surface area contributed by atoms with Crippen LogP contribution in [0.15, 0.2) is 6.33 Å². The van der Waals surface area contributed by atoms with E-state index in [4.69, 9.17) is 5.11 Å². The number of nitrogens with zero attached hydrogens (tertiary/aromatic N) is 5. The number of aromatic nitrogens is 4. The van der Waals surface area contributed by atoms with E-state index >= 15 is 0 Å². The summed E-state index contributed by atoms with van der Waals surface area (Å²) in [7, 11) is 0. The Labute approximate surface area is 134 Å². The van der Waals surface area contributed by atoms with E-state index in [1.165, 1.54) is 6.33 Å². The molecule has 1 N–H and O–H groups in total. The highest BCUT2D eigenvalue weighted by Gasteiger charge is 2.16. The van der Waals surface area contributed by atoms with Crippen LogP contribution in [0.2, 0.25) is 0 Å². The number of fused-ring (bicyclic) bond motifs is 1. The lowest BCUT2D eigenvalue weighted by Crippen LogP contribution is -2.33. The molecule has 0 saturated carbocycles. The summed E-state index contributed by atoms with van der Waals surface area (Å²) in [6.45, 7) is 6.41. The van der Waals surface area contributed by atoms with Crippen molar-refractivity contribution in [1.29, 1.82) is 0 Å². The zero-order valence-corrected chi connectivity index (χ0v) is 13.6. The zero-order valence-electron chi connectivity index (χ0n) is 13.6. The van der Waals surface area contributed by atoms with Crippen molar-refractivity contribution in [3.8, 4) is 0 Å². The SMILES string of the molecule is CCN(CCC(=O)O)C(=O)CCc1c(C)nc2ncnn2c1C. The van der Waals surface area contributed by atoms with Crippen molar-refractivity contribution in [3.63, 3.8) is 0 Å². The summed E-state index contributed by atoms with van der Waals surface area (Å²) in [5.74, 6) is -0.401. The topological polar surface area (TPSA) is 101 Å². The lowest BCUT2D eigenvalue weighted by molar-refractivity contribution is -0.138. The van der Waals surface area contributed by atoms with Gasteiger partial charge in [0, 0.05) is 30.9 Å². The minimum atomic E-state index is -0.899. The van der Waals surface area contributed by atoms with Crippen LogP contribution in [-0.2, 0) is 16.0 Å². The average molecular weight is 319 g/mol. The summed E-state index contributed by atoms with van der Waals surface area (Å²) in [6, 6.07) is 0. The standard InChI is InChI=1S/C15H21N5O3/c1-4-19(8-7-14(22)23)13(21)6-5-12-10(2)18-15-16-9-17-20(15)11(12)3/h9H,4-8H2,1-3H3,(H,22,23). The van der Waals surface area contributed by atoms with Gasteiger partial charge in [0.25, 0.3) is 5.78 Å². The molecule has 0 aliphatic rings. The smallest absolute Gasteiger partial charge is 0.305 e. The van der Waals surface area contributed by atoms with Crippen LogP contribution in [0.3, 0.4) is 0 Å². The lowest BCUT2D eigenvalue weighted by atomic mass is 10.1. The third kappa shape index (κ3) is 3.82. The number of aliphatic carboxylic acids is 1. The Kier molecular flexibility index (Phi) is 5.25. The van der Waals surface area contributed by atoms with E-state index < -0.39 is 5.97 Å². The van der Waals surface area contributed by atoms with Crippen molar-refractivity contribution >= 4 is 17.7 Å². The first kappa shape index (κ1) is 16.9. The minimum Gasteiger partial charge on any atom is -0.481 e. The van der Waals surface area contributed by atoms with Crippen LogP contribution in [0.5, 0.6) is 0 Å². The normalized spacial score (nSPS) is 10.9. The third-order valence-electron chi connectivity index (χ3n) is 3.91. The van der Waals surface area contributed by atoms with Crippen LogP contribution >= 0.6 is 0 Å². The van der Waals surface area contributed by atoms with E-state index in [0.29, 0.717) is 25.2 Å². The fourth-order valence-electron chi connectivity index (χ4n) is 2.60. The first-order valence-corrected chi connectivity index (χ1v) is 7.59. The highest BCUT2D eigenvalue weighted by Crippen LogP contribution is 2.15. The first-order valence-electron chi connectivity index (χ1n) is 7.59. The van der Waals surface area contributed by atoms with Crippen molar-refractivity contribution in [2.75, 3.05) is 13.1 Å². The first-order chi connectivity index (χ1) is 10.9. The number of rotatable bonds is 7. The third-order valence-corrected chi connectivity index (χ3v) is 3.91. The molecule has 2 aromatic rings. The van der Waals surface area contributed by atoms with Gasteiger partial charge < -0.3 is 10.0 Å². The predicted octanol–water partition coefficient (Wildman–Crippen LogP) is 0.997. The molecule has 8 nitrogen and oxygen atoms in total. The molecular weight excluding hydrogens is 298 g/mol. The molecule has 0 spiro atoms. The van der Waals surface area contributed by atoms with Crippen LogP contribution in [0, 0.1) is 13.8 Å². The molecule has 0 unspecified atom stereocenters. The Morgan fingerprint density at radius 1 is 1.30 bits per heavy atom. The molecule has 2 aromatic heterocycles. The summed E-state index contributed by atoms with van der Waals surface area (Å²) in [4.78, 5) is 32.9. The van der Waals surface area contributed by atoms with Gasteiger partial charge in [-0.25, -0.2) is 9.50 Å². The summed E-state index contributed by atoms with van der Waals surface area (Å²) in [6.07, 6.45) is 2.28. The van der Waals surface area contributed by atoms with Crippen molar-refractivity contribution in [2.45, 2.75) is 40.0 Å². The summed E-state index contributed by atoms with van der Waals surface area (Å²) < 4.78 is 1.66.